The standard InChI is InChI=1S/C27H31Cl2N3O4S/c1-36-19-5-6-23-21(16-19)25(22(29)17-30-23)24(33)7-8-27(26(34)31-35)9-11-32(12-10-27)13-14-37-20-4-2-3-18(28)15-20/h2-6,15-17,24,33,35H,7-14H2,1H3,(H,31,34). The molecule has 2 aromatic carbocycles. The minimum absolute atomic E-state index is 0.314. The monoisotopic (exact) mass is 563 g/mol. The number of hydrogen-bond donors (Lipinski definition) is 3. The van der Waals surface area contributed by atoms with E-state index >= 15 is 0 Å². The Kier molecular flexibility index (Phi) is 9.56. The highest BCUT2D eigenvalue weighted by Crippen LogP contribution is 2.41. The van der Waals surface area contributed by atoms with Gasteiger partial charge in [-0.05, 0) is 75.2 Å². The molecule has 1 unspecified atom stereocenters. The largest absolute Gasteiger partial charge is 0.497 e. The Balaban J connectivity index is 1.40. The first kappa shape index (κ1) is 28.0. The number of halogens is 2. The summed E-state index contributed by atoms with van der Waals surface area (Å²) in [6.07, 6.45) is 2.54. The van der Waals surface area contributed by atoms with Crippen molar-refractivity contribution in [3.05, 3.63) is 64.3 Å². The van der Waals surface area contributed by atoms with Gasteiger partial charge in [-0.3, -0.25) is 15.0 Å². The molecule has 1 aromatic heterocycles. The molecule has 1 amide bonds. The first-order chi connectivity index (χ1) is 17.8. The van der Waals surface area contributed by atoms with Crippen molar-refractivity contribution >= 4 is 51.8 Å². The number of carbonyl (C=O) groups excluding carboxylic acids is 1. The maximum Gasteiger partial charge on any atom is 0.249 e. The molecule has 4 rings (SSSR count). The van der Waals surface area contributed by atoms with Crippen molar-refractivity contribution in [3.8, 4) is 5.75 Å². The summed E-state index contributed by atoms with van der Waals surface area (Å²) in [6, 6.07) is 13.2. The van der Waals surface area contributed by atoms with E-state index in [9.17, 15) is 15.1 Å². The number of pyridine rings is 1. The third-order valence-corrected chi connectivity index (χ3v) is 8.68. The van der Waals surface area contributed by atoms with E-state index in [1.165, 1.54) is 6.20 Å². The number of aliphatic hydroxyl groups excluding tert-OH is 1. The number of fused-ring (bicyclic) bond motifs is 1. The molecule has 198 valence electrons. The van der Waals surface area contributed by atoms with Crippen molar-refractivity contribution in [2.24, 2.45) is 5.41 Å². The lowest BCUT2D eigenvalue weighted by Gasteiger charge is -2.40. The summed E-state index contributed by atoms with van der Waals surface area (Å²) in [4.78, 5) is 20.6. The third kappa shape index (κ3) is 6.69. The fourth-order valence-electron chi connectivity index (χ4n) is 4.95. The van der Waals surface area contributed by atoms with Crippen molar-refractivity contribution in [1.29, 1.82) is 0 Å². The normalized spacial score (nSPS) is 16.5. The molecule has 0 bridgehead atoms. The third-order valence-electron chi connectivity index (χ3n) is 7.17. The zero-order chi connectivity index (χ0) is 26.4. The maximum absolute atomic E-state index is 12.8. The highest BCUT2D eigenvalue weighted by Gasteiger charge is 2.41. The Morgan fingerprint density at radius 3 is 2.73 bits per heavy atom. The second-order valence-corrected chi connectivity index (χ2v) is 11.3. The Morgan fingerprint density at radius 2 is 2.03 bits per heavy atom. The first-order valence-electron chi connectivity index (χ1n) is 12.2. The Labute approximate surface area is 231 Å². The fraction of sp³-hybridized carbons (Fsp3) is 0.407. The predicted molar refractivity (Wildman–Crippen MR) is 148 cm³/mol. The summed E-state index contributed by atoms with van der Waals surface area (Å²) in [5.74, 6) is 1.15. The summed E-state index contributed by atoms with van der Waals surface area (Å²) in [5, 5.41) is 22.5. The molecule has 7 nitrogen and oxygen atoms in total. The molecule has 0 radical (unpaired) electrons. The van der Waals surface area contributed by atoms with Gasteiger partial charge in [-0.2, -0.15) is 0 Å². The van der Waals surface area contributed by atoms with E-state index in [-0.39, 0.29) is 0 Å². The second-order valence-electron chi connectivity index (χ2n) is 9.33. The number of amides is 1. The Morgan fingerprint density at radius 1 is 1.24 bits per heavy atom. The molecule has 1 atom stereocenters. The molecule has 10 heteroatoms. The number of methoxy groups -OCH3 is 1. The van der Waals surface area contributed by atoms with E-state index in [1.807, 2.05) is 41.9 Å². The van der Waals surface area contributed by atoms with Gasteiger partial charge in [0.25, 0.3) is 0 Å². The van der Waals surface area contributed by atoms with Crippen LogP contribution in [0.3, 0.4) is 0 Å². The number of nitrogens with one attached hydrogen (secondary N) is 1. The van der Waals surface area contributed by atoms with Gasteiger partial charge >= 0.3 is 0 Å². The van der Waals surface area contributed by atoms with E-state index in [2.05, 4.69) is 9.88 Å². The molecule has 3 N–H and O–H groups in total. The number of likely N-dealkylation sites (tertiary alicyclic amines) is 1. The molecule has 37 heavy (non-hydrogen) atoms. The highest BCUT2D eigenvalue weighted by atomic mass is 35.5. The van der Waals surface area contributed by atoms with Crippen LogP contribution >= 0.6 is 35.0 Å². The Bertz CT molecular complexity index is 1240. The van der Waals surface area contributed by atoms with Crippen molar-refractivity contribution in [1.82, 2.24) is 15.4 Å². The molecule has 0 saturated carbocycles. The SMILES string of the molecule is COc1ccc2ncc(Cl)c(C(O)CCC3(C(=O)NO)CCN(CCSc4cccc(Cl)c4)CC3)c2c1. The number of aliphatic hydroxyl groups is 1. The lowest BCUT2D eigenvalue weighted by molar-refractivity contribution is -0.143. The minimum Gasteiger partial charge on any atom is -0.497 e. The summed E-state index contributed by atoms with van der Waals surface area (Å²) in [6.45, 7) is 2.35. The average Bonchev–Trinajstić information content (AvgIpc) is 2.91. The van der Waals surface area contributed by atoms with E-state index in [0.29, 0.717) is 52.9 Å². The number of hydroxylamine groups is 1. The summed E-state index contributed by atoms with van der Waals surface area (Å²) >= 11 is 14.3. The zero-order valence-corrected chi connectivity index (χ0v) is 23.0. The molecule has 3 aromatic rings. The molecular weight excluding hydrogens is 533 g/mol. The van der Waals surface area contributed by atoms with Gasteiger partial charge < -0.3 is 14.7 Å². The van der Waals surface area contributed by atoms with Crippen LogP contribution in [0.25, 0.3) is 10.9 Å². The number of carbonyl (C=O) groups is 1. The van der Waals surface area contributed by atoms with Crippen molar-refractivity contribution < 1.29 is 19.8 Å². The number of rotatable bonds is 10. The number of hydrogen-bond acceptors (Lipinski definition) is 7. The van der Waals surface area contributed by atoms with E-state index < -0.39 is 17.4 Å². The number of benzene rings is 2. The van der Waals surface area contributed by atoms with Crippen LogP contribution < -0.4 is 10.2 Å². The molecule has 1 saturated heterocycles. The van der Waals surface area contributed by atoms with Gasteiger partial charge in [0, 0.05) is 39.4 Å². The minimum atomic E-state index is -0.902. The molecule has 1 aliphatic rings. The van der Waals surface area contributed by atoms with Crippen LogP contribution in [0.4, 0.5) is 0 Å². The number of piperidine rings is 1. The topological polar surface area (TPSA) is 94.9 Å². The molecule has 0 spiro atoms. The number of nitrogens with zero attached hydrogens (tertiary/aromatic N) is 2. The summed E-state index contributed by atoms with van der Waals surface area (Å²) < 4.78 is 5.34. The maximum atomic E-state index is 12.8. The summed E-state index contributed by atoms with van der Waals surface area (Å²) in [7, 11) is 1.58. The van der Waals surface area contributed by atoms with Crippen molar-refractivity contribution in [2.45, 2.75) is 36.7 Å². The van der Waals surface area contributed by atoms with Gasteiger partial charge in [0.15, 0.2) is 0 Å². The summed E-state index contributed by atoms with van der Waals surface area (Å²) in [5.41, 5.74) is 2.38. The van der Waals surface area contributed by atoms with Crippen LogP contribution in [0.1, 0.15) is 37.4 Å². The van der Waals surface area contributed by atoms with Gasteiger partial charge in [0.05, 0.1) is 29.2 Å². The lowest BCUT2D eigenvalue weighted by Crippen LogP contribution is -2.48. The number of thioether (sulfide) groups is 1. The van der Waals surface area contributed by atoms with Gasteiger partial charge in [-0.15, -0.1) is 11.8 Å². The zero-order valence-electron chi connectivity index (χ0n) is 20.6. The van der Waals surface area contributed by atoms with Crippen LogP contribution in [0, 0.1) is 5.41 Å². The average molecular weight is 565 g/mol. The van der Waals surface area contributed by atoms with Gasteiger partial charge in [-0.1, -0.05) is 29.3 Å². The Hall–Kier alpha value is -2.07. The highest BCUT2D eigenvalue weighted by molar-refractivity contribution is 7.99. The van der Waals surface area contributed by atoms with E-state index in [0.717, 1.165) is 35.3 Å². The molecule has 0 aliphatic carbocycles. The van der Waals surface area contributed by atoms with E-state index in [1.54, 1.807) is 24.9 Å². The van der Waals surface area contributed by atoms with Gasteiger partial charge in [0.1, 0.15) is 5.75 Å². The van der Waals surface area contributed by atoms with Crippen LogP contribution in [-0.4, -0.2) is 58.6 Å². The van der Waals surface area contributed by atoms with Crippen molar-refractivity contribution in [2.75, 3.05) is 32.5 Å². The lowest BCUT2D eigenvalue weighted by atomic mass is 9.73. The molecule has 1 aliphatic heterocycles. The first-order valence-corrected chi connectivity index (χ1v) is 13.9. The molecule has 2 heterocycles. The molecular formula is C27H31Cl2N3O4S. The smallest absolute Gasteiger partial charge is 0.249 e. The predicted octanol–water partition coefficient (Wildman–Crippen LogP) is 5.74. The van der Waals surface area contributed by atoms with Crippen LogP contribution in [-0.2, 0) is 4.79 Å². The van der Waals surface area contributed by atoms with Crippen LogP contribution in [0.5, 0.6) is 5.75 Å². The molecule has 1 fully saturated rings. The van der Waals surface area contributed by atoms with Gasteiger partial charge in [-0.25, -0.2) is 5.48 Å². The van der Waals surface area contributed by atoms with E-state index in [4.69, 9.17) is 27.9 Å². The number of aromatic nitrogens is 1. The van der Waals surface area contributed by atoms with Gasteiger partial charge in [0.2, 0.25) is 5.91 Å². The van der Waals surface area contributed by atoms with Crippen LogP contribution in [0.2, 0.25) is 10.0 Å². The quantitative estimate of drug-likeness (QED) is 0.164. The second kappa shape index (κ2) is 12.7. The van der Waals surface area contributed by atoms with Crippen molar-refractivity contribution in [3.63, 3.8) is 0 Å². The fourth-order valence-corrected chi connectivity index (χ4v) is 6.46. The van der Waals surface area contributed by atoms with Crippen LogP contribution in [0.15, 0.2) is 53.6 Å². The number of ether oxygens (including phenoxy) is 1.